The van der Waals surface area contributed by atoms with Gasteiger partial charge in [0.1, 0.15) is 11.5 Å². The van der Waals surface area contributed by atoms with E-state index in [1.165, 1.54) is 31.7 Å². The normalized spacial score (nSPS) is 10.8. The van der Waals surface area contributed by atoms with Crippen molar-refractivity contribution in [1.82, 2.24) is 0 Å². The summed E-state index contributed by atoms with van der Waals surface area (Å²) in [5.74, 6) is -0.0755. The van der Waals surface area contributed by atoms with Gasteiger partial charge in [-0.05, 0) is 12.8 Å². The van der Waals surface area contributed by atoms with Crippen LogP contribution in [0.5, 0.6) is 11.5 Å². The van der Waals surface area contributed by atoms with Crippen molar-refractivity contribution in [3.8, 4) is 11.5 Å². The second-order valence-electron chi connectivity index (χ2n) is 4.54. The molecule has 0 aliphatic carbocycles. The van der Waals surface area contributed by atoms with Gasteiger partial charge in [-0.25, -0.2) is 0 Å². The molecular formula is C14H20Cl2O2. The number of halogens is 2. The topological polar surface area (TPSA) is 40.5 Å². The molecule has 0 spiro atoms. The highest BCUT2D eigenvalue weighted by molar-refractivity contribution is 6.36. The van der Waals surface area contributed by atoms with Gasteiger partial charge >= 0.3 is 0 Å². The van der Waals surface area contributed by atoms with Gasteiger partial charge in [-0.2, -0.15) is 0 Å². The summed E-state index contributed by atoms with van der Waals surface area (Å²) in [5.41, 5.74) is 0.553. The molecule has 18 heavy (non-hydrogen) atoms. The van der Waals surface area contributed by atoms with Crippen molar-refractivity contribution in [3.63, 3.8) is 0 Å². The first-order valence-electron chi connectivity index (χ1n) is 6.46. The molecule has 2 N–H and O–H groups in total. The second kappa shape index (κ2) is 7.75. The lowest BCUT2D eigenvalue weighted by Gasteiger charge is -2.10. The van der Waals surface area contributed by atoms with Crippen LogP contribution in [-0.4, -0.2) is 10.2 Å². The fourth-order valence-electron chi connectivity index (χ4n) is 1.96. The van der Waals surface area contributed by atoms with Gasteiger partial charge in [0, 0.05) is 11.6 Å². The standard InChI is InChI=1S/C14H20Cl2O2/c1-2-3-4-5-6-7-8-10-13(16)12(17)9-11(15)14(10)18/h9,17-18H,2-8H2,1H3. The maximum Gasteiger partial charge on any atom is 0.139 e. The molecule has 102 valence electrons. The van der Waals surface area contributed by atoms with E-state index in [0.29, 0.717) is 12.0 Å². The number of rotatable bonds is 7. The Morgan fingerprint density at radius 2 is 1.61 bits per heavy atom. The molecule has 0 unspecified atom stereocenters. The lowest BCUT2D eigenvalue weighted by molar-refractivity contribution is 0.453. The molecular weight excluding hydrogens is 271 g/mol. The third-order valence-corrected chi connectivity index (χ3v) is 3.76. The van der Waals surface area contributed by atoms with Gasteiger partial charge in [0.15, 0.2) is 0 Å². The molecule has 1 aromatic carbocycles. The molecule has 1 aromatic rings. The number of phenolic OH excluding ortho intramolecular Hbond substituents is 2. The Morgan fingerprint density at radius 3 is 2.28 bits per heavy atom. The van der Waals surface area contributed by atoms with Crippen molar-refractivity contribution in [2.24, 2.45) is 0 Å². The van der Waals surface area contributed by atoms with Crippen molar-refractivity contribution in [2.75, 3.05) is 0 Å². The number of aromatic hydroxyl groups is 2. The van der Waals surface area contributed by atoms with Gasteiger partial charge in [-0.3, -0.25) is 0 Å². The van der Waals surface area contributed by atoms with E-state index >= 15 is 0 Å². The van der Waals surface area contributed by atoms with E-state index < -0.39 is 0 Å². The molecule has 4 heteroatoms. The Labute approximate surface area is 119 Å². The van der Waals surface area contributed by atoms with E-state index in [2.05, 4.69) is 6.92 Å². The average molecular weight is 291 g/mol. The molecule has 0 bridgehead atoms. The van der Waals surface area contributed by atoms with Gasteiger partial charge in [0.05, 0.1) is 10.0 Å². The predicted molar refractivity (Wildman–Crippen MR) is 76.9 cm³/mol. The third-order valence-electron chi connectivity index (χ3n) is 3.05. The largest absolute Gasteiger partial charge is 0.506 e. The highest BCUT2D eigenvalue weighted by Crippen LogP contribution is 2.40. The highest BCUT2D eigenvalue weighted by Gasteiger charge is 2.14. The minimum Gasteiger partial charge on any atom is -0.506 e. The van der Waals surface area contributed by atoms with Crippen LogP contribution in [0, 0.1) is 0 Å². The molecule has 0 saturated heterocycles. The minimum atomic E-state index is -0.0690. The minimum absolute atomic E-state index is 0.00646. The lowest BCUT2D eigenvalue weighted by Crippen LogP contribution is -1.90. The van der Waals surface area contributed by atoms with E-state index in [1.807, 2.05) is 0 Å². The summed E-state index contributed by atoms with van der Waals surface area (Å²) in [5, 5.41) is 19.7. The first-order chi connectivity index (χ1) is 8.57. The summed E-state index contributed by atoms with van der Waals surface area (Å²) in [7, 11) is 0. The molecule has 0 fully saturated rings. The van der Waals surface area contributed by atoms with Crippen LogP contribution >= 0.6 is 23.2 Å². The molecule has 2 nitrogen and oxygen atoms in total. The van der Waals surface area contributed by atoms with E-state index in [4.69, 9.17) is 23.2 Å². The van der Waals surface area contributed by atoms with Gasteiger partial charge in [-0.15, -0.1) is 0 Å². The average Bonchev–Trinajstić information content (AvgIpc) is 2.35. The van der Waals surface area contributed by atoms with Crippen LogP contribution in [0.15, 0.2) is 6.07 Å². The van der Waals surface area contributed by atoms with Crippen molar-refractivity contribution in [2.45, 2.75) is 51.9 Å². The Morgan fingerprint density at radius 1 is 1.00 bits per heavy atom. The second-order valence-corrected chi connectivity index (χ2v) is 5.32. The molecule has 0 atom stereocenters. The maximum absolute atomic E-state index is 9.82. The quantitative estimate of drug-likeness (QED) is 0.528. The Balaban J connectivity index is 2.52. The van der Waals surface area contributed by atoms with E-state index in [1.54, 1.807) is 0 Å². The fraction of sp³-hybridized carbons (Fsp3) is 0.571. The molecule has 0 amide bonds. The van der Waals surface area contributed by atoms with Gasteiger partial charge in [0.2, 0.25) is 0 Å². The maximum atomic E-state index is 9.82. The van der Waals surface area contributed by atoms with Gasteiger partial charge < -0.3 is 10.2 Å². The molecule has 0 heterocycles. The van der Waals surface area contributed by atoms with Crippen molar-refractivity contribution < 1.29 is 10.2 Å². The Hall–Kier alpha value is -0.600. The lowest BCUT2D eigenvalue weighted by atomic mass is 10.0. The zero-order valence-electron chi connectivity index (χ0n) is 10.7. The fourth-order valence-corrected chi connectivity index (χ4v) is 2.42. The van der Waals surface area contributed by atoms with Crippen LogP contribution in [0.3, 0.4) is 0 Å². The van der Waals surface area contributed by atoms with E-state index in [9.17, 15) is 10.2 Å². The first kappa shape index (κ1) is 15.5. The molecule has 0 aromatic heterocycles. The summed E-state index contributed by atoms with van der Waals surface area (Å²) in [6, 6.07) is 1.27. The van der Waals surface area contributed by atoms with Crippen LogP contribution in [0.2, 0.25) is 10.0 Å². The van der Waals surface area contributed by atoms with Crippen LogP contribution in [0.1, 0.15) is 51.0 Å². The summed E-state index contributed by atoms with van der Waals surface area (Å²) < 4.78 is 0. The van der Waals surface area contributed by atoms with E-state index in [-0.39, 0.29) is 21.5 Å². The van der Waals surface area contributed by atoms with Crippen molar-refractivity contribution >= 4 is 23.2 Å². The molecule has 0 saturated carbocycles. The highest BCUT2D eigenvalue weighted by atomic mass is 35.5. The van der Waals surface area contributed by atoms with E-state index in [0.717, 1.165) is 12.8 Å². The van der Waals surface area contributed by atoms with Crippen LogP contribution in [-0.2, 0) is 6.42 Å². The number of unbranched alkanes of at least 4 members (excludes halogenated alkanes) is 5. The summed E-state index contributed by atoms with van der Waals surface area (Å²) in [4.78, 5) is 0. The molecule has 1 rings (SSSR count). The van der Waals surface area contributed by atoms with Gasteiger partial charge in [0.25, 0.3) is 0 Å². The molecule has 0 aliphatic heterocycles. The number of benzene rings is 1. The van der Waals surface area contributed by atoms with Crippen LogP contribution < -0.4 is 0 Å². The van der Waals surface area contributed by atoms with Crippen LogP contribution in [0.25, 0.3) is 0 Å². The molecule has 0 aliphatic rings. The summed E-state index contributed by atoms with van der Waals surface area (Å²) >= 11 is 11.8. The molecule has 0 radical (unpaired) electrons. The number of hydrogen-bond donors (Lipinski definition) is 2. The predicted octanol–water partition coefficient (Wildman–Crippen LogP) is 5.31. The number of phenols is 2. The zero-order valence-corrected chi connectivity index (χ0v) is 12.2. The van der Waals surface area contributed by atoms with Crippen molar-refractivity contribution in [1.29, 1.82) is 0 Å². The van der Waals surface area contributed by atoms with Gasteiger partial charge in [-0.1, -0.05) is 62.2 Å². The first-order valence-corrected chi connectivity index (χ1v) is 7.22. The zero-order chi connectivity index (χ0) is 13.5. The summed E-state index contributed by atoms with van der Waals surface area (Å²) in [6.07, 6.45) is 7.62. The van der Waals surface area contributed by atoms with Crippen molar-refractivity contribution in [3.05, 3.63) is 21.7 Å². The smallest absolute Gasteiger partial charge is 0.139 e. The SMILES string of the molecule is CCCCCCCCc1c(O)c(Cl)cc(O)c1Cl. The third kappa shape index (κ3) is 4.25. The Kier molecular flexibility index (Phi) is 6.66. The number of hydrogen-bond acceptors (Lipinski definition) is 2. The monoisotopic (exact) mass is 290 g/mol. The Bertz CT molecular complexity index is 366. The van der Waals surface area contributed by atoms with Crippen LogP contribution in [0.4, 0.5) is 0 Å². The summed E-state index contributed by atoms with van der Waals surface area (Å²) in [6.45, 7) is 2.19.